The lowest BCUT2D eigenvalue weighted by Gasteiger charge is -2.39. The first-order chi connectivity index (χ1) is 19.0. The van der Waals surface area contributed by atoms with Gasteiger partial charge in [-0.25, -0.2) is 14.8 Å². The molecule has 10 nitrogen and oxygen atoms in total. The van der Waals surface area contributed by atoms with Crippen molar-refractivity contribution in [2.45, 2.75) is 83.6 Å². The number of rotatable bonds is 5. The van der Waals surface area contributed by atoms with E-state index < -0.39 is 12.3 Å². The van der Waals surface area contributed by atoms with Gasteiger partial charge in [0.2, 0.25) is 5.95 Å². The third-order valence-electron chi connectivity index (χ3n) is 9.02. The molecule has 1 amide bonds. The van der Waals surface area contributed by atoms with Crippen molar-refractivity contribution in [2.24, 2.45) is 11.8 Å². The zero-order valence-electron chi connectivity index (χ0n) is 22.7. The number of pyridine rings is 2. The van der Waals surface area contributed by atoms with Gasteiger partial charge in [0.25, 0.3) is 0 Å². The van der Waals surface area contributed by atoms with E-state index in [0.29, 0.717) is 17.7 Å². The predicted molar refractivity (Wildman–Crippen MR) is 147 cm³/mol. The fourth-order valence-corrected chi connectivity index (χ4v) is 6.96. The van der Waals surface area contributed by atoms with Crippen LogP contribution in [0.4, 0.5) is 10.7 Å². The molecule has 0 bridgehead atoms. The second-order valence-electron chi connectivity index (χ2n) is 11.8. The molecule has 3 atom stereocenters. The number of anilines is 1. The molecule has 1 unspecified atom stereocenters. The van der Waals surface area contributed by atoms with Crippen molar-refractivity contribution < 1.29 is 14.4 Å². The van der Waals surface area contributed by atoms with E-state index in [0.717, 1.165) is 72.3 Å². The summed E-state index contributed by atoms with van der Waals surface area (Å²) in [5.41, 5.74) is 8.17. The van der Waals surface area contributed by atoms with Crippen LogP contribution in [-0.4, -0.2) is 50.9 Å². The Morgan fingerprint density at radius 3 is 2.74 bits per heavy atom. The molecular formula is C29H37N7O3. The zero-order chi connectivity index (χ0) is 26.5. The number of ether oxygens (including phenoxy) is 1. The molecule has 2 saturated carbocycles. The van der Waals surface area contributed by atoms with Crippen LogP contribution in [0.5, 0.6) is 0 Å². The Morgan fingerprint density at radius 1 is 1.08 bits per heavy atom. The van der Waals surface area contributed by atoms with Crippen molar-refractivity contribution in [1.29, 1.82) is 0 Å². The van der Waals surface area contributed by atoms with E-state index in [4.69, 9.17) is 19.5 Å². The van der Waals surface area contributed by atoms with Crippen LogP contribution < -0.4 is 15.7 Å². The lowest BCUT2D eigenvalue weighted by Crippen LogP contribution is -2.49. The molecule has 2 N–H and O–H groups in total. The van der Waals surface area contributed by atoms with Gasteiger partial charge >= 0.3 is 6.09 Å². The number of fused-ring (bicyclic) bond motifs is 2. The number of carbonyl (C=O) groups is 1. The van der Waals surface area contributed by atoms with Crippen LogP contribution in [-0.2, 0) is 16.1 Å². The third-order valence-corrected chi connectivity index (χ3v) is 9.02. The number of nitrogens with one attached hydrogen (secondary N) is 2. The van der Waals surface area contributed by atoms with E-state index in [1.54, 1.807) is 0 Å². The molecule has 0 spiro atoms. The van der Waals surface area contributed by atoms with Crippen molar-refractivity contribution in [3.63, 3.8) is 0 Å². The molecule has 3 aromatic rings. The summed E-state index contributed by atoms with van der Waals surface area (Å²) in [6.07, 6.45) is 11.4. The fraction of sp³-hybridized carbons (Fsp3) is 0.586. The maximum absolute atomic E-state index is 11.8. The number of amides is 1. The van der Waals surface area contributed by atoms with Crippen LogP contribution in [0.25, 0.3) is 22.3 Å². The van der Waals surface area contributed by atoms with E-state index in [-0.39, 0.29) is 6.10 Å². The first kappa shape index (κ1) is 24.8. The van der Waals surface area contributed by atoms with Crippen molar-refractivity contribution in [2.75, 3.05) is 18.1 Å². The first-order valence-corrected chi connectivity index (χ1v) is 14.5. The highest BCUT2D eigenvalue weighted by Crippen LogP contribution is 2.39. The standard InChI is InChI=1S/C29H37N7O3/c1-17-6-8-19(9-7-17)16-36-26-21(32-28(36)35-10-11-38-24-5-3-4-23(24)35)13-22(27-33-29(37)39-34-27)31-25(26)20-12-18(2)14-30-15-20/h12-15,17,19,23-24,27,34H,3-11,16H2,1-2H3,(H,33,37)/t17?,19?,23-,24-,27?/m1/s1. The Labute approximate surface area is 228 Å². The Bertz CT molecular complexity index is 1380. The van der Waals surface area contributed by atoms with E-state index in [2.05, 4.69) is 38.2 Å². The molecule has 3 aromatic heterocycles. The van der Waals surface area contributed by atoms with Gasteiger partial charge in [-0.05, 0) is 68.6 Å². The lowest BCUT2D eigenvalue weighted by atomic mass is 9.83. The summed E-state index contributed by atoms with van der Waals surface area (Å²) in [7, 11) is 0. The molecule has 206 valence electrons. The number of imidazole rings is 1. The van der Waals surface area contributed by atoms with E-state index >= 15 is 0 Å². The molecular weight excluding hydrogens is 494 g/mol. The number of morpholine rings is 1. The second-order valence-corrected chi connectivity index (χ2v) is 11.8. The molecule has 2 saturated heterocycles. The molecule has 0 aromatic carbocycles. The Balaban J connectivity index is 1.41. The summed E-state index contributed by atoms with van der Waals surface area (Å²) in [5.74, 6) is 2.42. The molecule has 39 heavy (non-hydrogen) atoms. The minimum atomic E-state index is -0.547. The Kier molecular flexibility index (Phi) is 6.39. The van der Waals surface area contributed by atoms with Gasteiger partial charge in [-0.2, -0.15) is 0 Å². The highest BCUT2D eigenvalue weighted by molar-refractivity contribution is 5.92. The van der Waals surface area contributed by atoms with Gasteiger partial charge < -0.3 is 19.0 Å². The van der Waals surface area contributed by atoms with Gasteiger partial charge in [0.1, 0.15) is 0 Å². The van der Waals surface area contributed by atoms with Gasteiger partial charge in [0, 0.05) is 31.0 Å². The largest absolute Gasteiger partial charge is 0.427 e. The van der Waals surface area contributed by atoms with Crippen LogP contribution >= 0.6 is 0 Å². The highest BCUT2D eigenvalue weighted by Gasteiger charge is 2.39. The summed E-state index contributed by atoms with van der Waals surface area (Å²) in [4.78, 5) is 34.3. The van der Waals surface area contributed by atoms with Crippen molar-refractivity contribution in [3.05, 3.63) is 35.8 Å². The fourth-order valence-electron chi connectivity index (χ4n) is 6.96. The average molecular weight is 532 g/mol. The summed E-state index contributed by atoms with van der Waals surface area (Å²) < 4.78 is 8.62. The van der Waals surface area contributed by atoms with Gasteiger partial charge in [0.05, 0.1) is 41.2 Å². The van der Waals surface area contributed by atoms with Crippen LogP contribution in [0.2, 0.25) is 0 Å². The molecule has 4 fully saturated rings. The van der Waals surface area contributed by atoms with E-state index in [9.17, 15) is 4.79 Å². The average Bonchev–Trinajstić information content (AvgIpc) is 3.68. The Morgan fingerprint density at radius 2 is 1.95 bits per heavy atom. The molecule has 0 radical (unpaired) electrons. The minimum Gasteiger partial charge on any atom is -0.374 e. The number of aryl methyl sites for hydroxylation is 1. The number of carbonyl (C=O) groups excluding carboxylic acids is 1. The van der Waals surface area contributed by atoms with Crippen LogP contribution in [0.1, 0.15) is 69.3 Å². The molecule has 7 rings (SSSR count). The quantitative estimate of drug-likeness (QED) is 0.491. The maximum atomic E-state index is 11.8. The Hall–Kier alpha value is -3.24. The number of hydrogen-bond donors (Lipinski definition) is 2. The van der Waals surface area contributed by atoms with Gasteiger partial charge in [-0.1, -0.05) is 19.8 Å². The zero-order valence-corrected chi connectivity index (χ0v) is 22.7. The molecule has 5 heterocycles. The highest BCUT2D eigenvalue weighted by atomic mass is 16.7. The second kappa shape index (κ2) is 10.1. The van der Waals surface area contributed by atoms with Crippen LogP contribution in [0.15, 0.2) is 24.5 Å². The van der Waals surface area contributed by atoms with Gasteiger partial charge in [-0.15, -0.1) is 5.48 Å². The minimum absolute atomic E-state index is 0.270. The van der Waals surface area contributed by atoms with E-state index in [1.807, 2.05) is 25.4 Å². The topological polar surface area (TPSA) is 106 Å². The van der Waals surface area contributed by atoms with E-state index in [1.165, 1.54) is 32.1 Å². The summed E-state index contributed by atoms with van der Waals surface area (Å²) in [6, 6.07) is 4.46. The molecule has 2 aliphatic carbocycles. The third kappa shape index (κ3) is 4.63. The normalized spacial score (nSPS) is 28.9. The number of hydrogen-bond acceptors (Lipinski definition) is 8. The van der Waals surface area contributed by atoms with Crippen molar-refractivity contribution in [1.82, 2.24) is 30.3 Å². The summed E-state index contributed by atoms with van der Waals surface area (Å²) in [5, 5.41) is 2.80. The van der Waals surface area contributed by atoms with Crippen LogP contribution in [0.3, 0.4) is 0 Å². The maximum Gasteiger partial charge on any atom is 0.427 e. The SMILES string of the molecule is Cc1cncc(-c2nc(C3NOC(=O)N3)cc3nc(N4CCO[C@@H]5CCC[C@H]54)n(CC4CCC(C)CC4)c23)c1. The summed E-state index contributed by atoms with van der Waals surface area (Å²) >= 11 is 0. The number of hydroxylamine groups is 1. The summed E-state index contributed by atoms with van der Waals surface area (Å²) in [6.45, 7) is 6.89. The molecule has 10 heteroatoms. The lowest BCUT2D eigenvalue weighted by molar-refractivity contribution is 0.0247. The number of nitrogens with zero attached hydrogens (tertiary/aromatic N) is 5. The van der Waals surface area contributed by atoms with Crippen molar-refractivity contribution in [3.8, 4) is 11.3 Å². The number of aromatic nitrogens is 4. The van der Waals surface area contributed by atoms with Gasteiger partial charge in [0.15, 0.2) is 6.17 Å². The predicted octanol–water partition coefficient (Wildman–Crippen LogP) is 4.63. The monoisotopic (exact) mass is 531 g/mol. The smallest absolute Gasteiger partial charge is 0.374 e. The first-order valence-electron chi connectivity index (χ1n) is 14.5. The van der Waals surface area contributed by atoms with Crippen molar-refractivity contribution >= 4 is 23.1 Å². The molecule has 4 aliphatic rings. The molecule has 2 aliphatic heterocycles. The van der Waals surface area contributed by atoms with Gasteiger partial charge in [-0.3, -0.25) is 10.3 Å². The van der Waals surface area contributed by atoms with Crippen LogP contribution in [0, 0.1) is 18.8 Å².